The molecule has 25 heavy (non-hydrogen) atoms. The Morgan fingerprint density at radius 3 is 2.40 bits per heavy atom. The van der Waals surface area contributed by atoms with E-state index in [2.05, 4.69) is 10.2 Å². The second kappa shape index (κ2) is 8.94. The Hall–Kier alpha value is -1.95. The summed E-state index contributed by atoms with van der Waals surface area (Å²) in [6, 6.07) is 8.43. The molecule has 6 heteroatoms. The lowest BCUT2D eigenvalue weighted by Gasteiger charge is -2.31. The van der Waals surface area contributed by atoms with Gasteiger partial charge >= 0.3 is 6.09 Å². The number of carboxylic acid groups (broad SMARTS) is 1. The van der Waals surface area contributed by atoms with Gasteiger partial charge < -0.3 is 20.1 Å². The predicted molar refractivity (Wildman–Crippen MR) is 98.5 cm³/mol. The van der Waals surface area contributed by atoms with Crippen molar-refractivity contribution in [3.63, 3.8) is 0 Å². The Morgan fingerprint density at radius 2 is 1.76 bits per heavy atom. The highest BCUT2D eigenvalue weighted by atomic mass is 16.5. The fourth-order valence-electron chi connectivity index (χ4n) is 3.57. The fraction of sp³-hybridized carbons (Fsp3) is 0.632. The van der Waals surface area contributed by atoms with Crippen LogP contribution >= 0.6 is 0 Å². The molecule has 3 rings (SSSR count). The van der Waals surface area contributed by atoms with E-state index in [4.69, 9.17) is 9.84 Å². The Balaban J connectivity index is 1.37. The van der Waals surface area contributed by atoms with Crippen molar-refractivity contribution >= 4 is 11.8 Å². The van der Waals surface area contributed by atoms with Gasteiger partial charge in [0.1, 0.15) is 12.4 Å². The van der Waals surface area contributed by atoms with Gasteiger partial charge in [-0.2, -0.15) is 0 Å². The van der Waals surface area contributed by atoms with Crippen LogP contribution in [0.25, 0.3) is 0 Å². The van der Waals surface area contributed by atoms with Crippen molar-refractivity contribution in [2.24, 2.45) is 0 Å². The molecular weight excluding hydrogens is 318 g/mol. The molecule has 0 atom stereocenters. The highest BCUT2D eigenvalue weighted by Crippen LogP contribution is 2.20. The number of anilines is 1. The van der Waals surface area contributed by atoms with Crippen LogP contribution in [0.15, 0.2) is 24.3 Å². The second-order valence-electron chi connectivity index (χ2n) is 6.96. The van der Waals surface area contributed by atoms with E-state index in [-0.39, 0.29) is 0 Å². The number of hydrogen-bond acceptors (Lipinski definition) is 4. The van der Waals surface area contributed by atoms with Crippen LogP contribution in [0.1, 0.15) is 32.1 Å². The van der Waals surface area contributed by atoms with Gasteiger partial charge in [-0.15, -0.1) is 0 Å². The number of nitrogens with zero attached hydrogens (tertiary/aromatic N) is 2. The van der Waals surface area contributed by atoms with Gasteiger partial charge in [0.25, 0.3) is 0 Å². The summed E-state index contributed by atoms with van der Waals surface area (Å²) in [5.41, 5.74) is 1.07. The molecule has 0 aliphatic carbocycles. The summed E-state index contributed by atoms with van der Waals surface area (Å²) in [4.78, 5) is 14.9. The van der Waals surface area contributed by atoms with E-state index in [9.17, 15) is 4.79 Å². The minimum absolute atomic E-state index is 0.335. The Kier molecular flexibility index (Phi) is 6.39. The predicted octanol–water partition coefficient (Wildman–Crippen LogP) is 3.11. The third kappa shape index (κ3) is 5.53. The van der Waals surface area contributed by atoms with Gasteiger partial charge in [0, 0.05) is 31.4 Å². The number of hydrogen-bond donors (Lipinski definition) is 2. The molecule has 0 spiro atoms. The number of nitrogens with one attached hydrogen (secondary N) is 1. The number of rotatable bonds is 6. The molecule has 138 valence electrons. The summed E-state index contributed by atoms with van der Waals surface area (Å²) in [6.45, 7) is 5.35. The molecule has 2 N–H and O–H groups in total. The first kappa shape index (κ1) is 17.9. The number of carbonyl (C=O) groups is 1. The maximum atomic E-state index is 10.9. The quantitative estimate of drug-likeness (QED) is 0.828. The summed E-state index contributed by atoms with van der Waals surface area (Å²) in [5, 5.41) is 12.5. The number of likely N-dealkylation sites (tertiary alicyclic amines) is 2. The van der Waals surface area contributed by atoms with Crippen LogP contribution in [0.3, 0.4) is 0 Å². The highest BCUT2D eigenvalue weighted by Gasteiger charge is 2.21. The summed E-state index contributed by atoms with van der Waals surface area (Å²) >= 11 is 0. The van der Waals surface area contributed by atoms with Gasteiger partial charge in [-0.25, -0.2) is 4.79 Å². The van der Waals surface area contributed by atoms with Gasteiger partial charge in [-0.3, -0.25) is 4.90 Å². The van der Waals surface area contributed by atoms with Gasteiger partial charge in [-0.1, -0.05) is 6.42 Å². The smallest absolute Gasteiger partial charge is 0.407 e. The first-order valence-electron chi connectivity index (χ1n) is 9.40. The van der Waals surface area contributed by atoms with E-state index in [1.165, 1.54) is 37.3 Å². The number of amides is 1. The van der Waals surface area contributed by atoms with Crippen molar-refractivity contribution in [2.45, 2.75) is 38.1 Å². The third-order valence-electron chi connectivity index (χ3n) is 5.12. The summed E-state index contributed by atoms with van der Waals surface area (Å²) < 4.78 is 5.85. The van der Waals surface area contributed by atoms with E-state index in [0.29, 0.717) is 19.1 Å². The molecule has 1 aromatic rings. The lowest BCUT2D eigenvalue weighted by atomic mass is 10.1. The highest BCUT2D eigenvalue weighted by molar-refractivity contribution is 5.65. The first-order chi connectivity index (χ1) is 12.2. The Bertz CT molecular complexity index is 535. The maximum Gasteiger partial charge on any atom is 0.407 e. The lowest BCUT2D eigenvalue weighted by molar-refractivity contribution is 0.134. The Morgan fingerprint density at radius 1 is 1.08 bits per heavy atom. The van der Waals surface area contributed by atoms with Gasteiger partial charge in [0.2, 0.25) is 0 Å². The molecule has 0 bridgehead atoms. The van der Waals surface area contributed by atoms with Crippen LogP contribution in [0.2, 0.25) is 0 Å². The molecule has 1 amide bonds. The van der Waals surface area contributed by atoms with Crippen LogP contribution in [-0.2, 0) is 0 Å². The van der Waals surface area contributed by atoms with E-state index in [1.807, 2.05) is 24.3 Å². The molecular formula is C19H29N3O3. The lowest BCUT2D eigenvalue weighted by Crippen LogP contribution is -2.41. The van der Waals surface area contributed by atoms with Crippen LogP contribution in [-0.4, -0.2) is 66.4 Å². The molecule has 6 nitrogen and oxygen atoms in total. The summed E-state index contributed by atoms with van der Waals surface area (Å²) in [7, 11) is 0. The number of benzene rings is 1. The van der Waals surface area contributed by atoms with Crippen molar-refractivity contribution in [3.8, 4) is 5.75 Å². The average Bonchev–Trinajstić information content (AvgIpc) is 2.64. The van der Waals surface area contributed by atoms with Gasteiger partial charge in [0.05, 0.1) is 0 Å². The van der Waals surface area contributed by atoms with Crippen molar-refractivity contribution < 1.29 is 14.6 Å². The number of piperidine rings is 2. The average molecular weight is 347 g/mol. The summed E-state index contributed by atoms with van der Waals surface area (Å²) in [6.07, 6.45) is 4.86. The minimum Gasteiger partial charge on any atom is -0.492 e. The molecule has 0 unspecified atom stereocenters. The zero-order chi connectivity index (χ0) is 17.5. The van der Waals surface area contributed by atoms with E-state index in [1.54, 1.807) is 0 Å². The topological polar surface area (TPSA) is 65.0 Å². The second-order valence-corrected chi connectivity index (χ2v) is 6.96. The van der Waals surface area contributed by atoms with Gasteiger partial charge in [0.15, 0.2) is 0 Å². The monoisotopic (exact) mass is 347 g/mol. The van der Waals surface area contributed by atoms with Crippen LogP contribution in [0, 0.1) is 0 Å². The number of ether oxygens (including phenoxy) is 1. The fourth-order valence-corrected chi connectivity index (χ4v) is 3.57. The largest absolute Gasteiger partial charge is 0.492 e. The molecule has 0 saturated carbocycles. The van der Waals surface area contributed by atoms with Crippen molar-refractivity contribution in [1.29, 1.82) is 0 Å². The molecule has 2 fully saturated rings. The molecule has 0 aromatic heterocycles. The van der Waals surface area contributed by atoms with Crippen LogP contribution in [0.5, 0.6) is 5.75 Å². The van der Waals surface area contributed by atoms with E-state index < -0.39 is 6.09 Å². The van der Waals surface area contributed by atoms with Crippen molar-refractivity contribution in [2.75, 3.05) is 44.6 Å². The van der Waals surface area contributed by atoms with E-state index >= 15 is 0 Å². The van der Waals surface area contributed by atoms with Crippen molar-refractivity contribution in [3.05, 3.63) is 24.3 Å². The maximum absolute atomic E-state index is 10.9. The molecule has 2 heterocycles. The Labute approximate surface area is 149 Å². The van der Waals surface area contributed by atoms with Crippen LogP contribution < -0.4 is 10.1 Å². The normalized spacial score (nSPS) is 19.6. The summed E-state index contributed by atoms with van der Waals surface area (Å²) in [5.74, 6) is 0.906. The zero-order valence-corrected chi connectivity index (χ0v) is 14.8. The molecule has 2 aliphatic heterocycles. The molecule has 0 radical (unpaired) electrons. The van der Waals surface area contributed by atoms with Gasteiger partial charge in [-0.05, 0) is 63.0 Å². The SMILES string of the molecule is O=C(O)N1CCC(Nc2ccc(OCCN3CCCCC3)cc2)CC1. The molecule has 1 aromatic carbocycles. The van der Waals surface area contributed by atoms with Crippen molar-refractivity contribution in [1.82, 2.24) is 9.80 Å². The first-order valence-corrected chi connectivity index (χ1v) is 9.40. The minimum atomic E-state index is -0.815. The van der Waals surface area contributed by atoms with Crippen LogP contribution in [0.4, 0.5) is 10.5 Å². The molecule has 2 aliphatic rings. The standard InChI is InChI=1S/C19H29N3O3/c23-19(24)22-12-8-17(9-13-22)20-16-4-6-18(7-5-16)25-15-14-21-10-2-1-3-11-21/h4-7,17,20H,1-3,8-15H2,(H,23,24). The van der Waals surface area contributed by atoms with E-state index in [0.717, 1.165) is 37.4 Å². The third-order valence-corrected chi connectivity index (χ3v) is 5.12. The molecule has 2 saturated heterocycles. The zero-order valence-electron chi connectivity index (χ0n) is 14.8.